The van der Waals surface area contributed by atoms with Gasteiger partial charge in [-0.3, -0.25) is 4.68 Å². The van der Waals surface area contributed by atoms with Gasteiger partial charge in [-0.05, 0) is 56.6 Å². The van der Waals surface area contributed by atoms with Crippen LogP contribution in [-0.2, 0) is 13.0 Å². The molecule has 0 fully saturated rings. The summed E-state index contributed by atoms with van der Waals surface area (Å²) in [5.41, 5.74) is 4.77. The molecule has 0 amide bonds. The van der Waals surface area contributed by atoms with E-state index < -0.39 is 0 Å². The minimum atomic E-state index is 0.258. The Hall–Kier alpha value is -1.32. The maximum atomic E-state index is 6.21. The first kappa shape index (κ1) is 16.1. The number of aryl methyl sites for hydroxylation is 3. The summed E-state index contributed by atoms with van der Waals surface area (Å²) in [7, 11) is 0. The lowest BCUT2D eigenvalue weighted by molar-refractivity contribution is 0.516. The van der Waals surface area contributed by atoms with Gasteiger partial charge in [-0.25, -0.2) is 0 Å². The lowest BCUT2D eigenvalue weighted by atomic mass is 10.00. The molecule has 1 aromatic heterocycles. The average molecular weight is 306 g/mol. The van der Waals surface area contributed by atoms with Gasteiger partial charge in [0.15, 0.2) is 0 Å². The Bertz CT molecular complexity index is 584. The molecule has 1 N–H and O–H groups in total. The molecule has 21 heavy (non-hydrogen) atoms. The Labute approximate surface area is 132 Å². The van der Waals surface area contributed by atoms with Gasteiger partial charge in [0.1, 0.15) is 0 Å². The van der Waals surface area contributed by atoms with E-state index in [-0.39, 0.29) is 6.04 Å². The number of hydrogen-bond donors (Lipinski definition) is 1. The third kappa shape index (κ3) is 4.08. The van der Waals surface area contributed by atoms with Crippen molar-refractivity contribution in [2.45, 2.75) is 46.7 Å². The molecule has 4 heteroatoms. The summed E-state index contributed by atoms with van der Waals surface area (Å²) in [5.74, 6) is 0. The van der Waals surface area contributed by atoms with E-state index in [2.05, 4.69) is 54.1 Å². The predicted molar refractivity (Wildman–Crippen MR) is 88.9 cm³/mol. The Morgan fingerprint density at radius 2 is 1.95 bits per heavy atom. The van der Waals surface area contributed by atoms with Crippen LogP contribution in [-0.4, -0.2) is 16.3 Å². The zero-order valence-corrected chi connectivity index (χ0v) is 14.0. The highest BCUT2D eigenvalue weighted by molar-refractivity contribution is 6.30. The fourth-order valence-electron chi connectivity index (χ4n) is 2.77. The van der Waals surface area contributed by atoms with Crippen LogP contribution < -0.4 is 5.32 Å². The first-order chi connectivity index (χ1) is 10.0. The number of aromatic nitrogens is 2. The lowest BCUT2D eigenvalue weighted by Crippen LogP contribution is -2.24. The van der Waals surface area contributed by atoms with Gasteiger partial charge in [-0.2, -0.15) is 5.10 Å². The monoisotopic (exact) mass is 305 g/mol. The number of likely N-dealkylation sites (N-methyl/N-ethyl adjacent to an activating group) is 1. The molecule has 3 nitrogen and oxygen atoms in total. The molecule has 1 atom stereocenters. The van der Waals surface area contributed by atoms with E-state index in [1.165, 1.54) is 16.8 Å². The highest BCUT2D eigenvalue weighted by Crippen LogP contribution is 2.24. The molecule has 1 heterocycles. The van der Waals surface area contributed by atoms with Crippen LogP contribution in [0.15, 0.2) is 24.3 Å². The first-order valence-electron chi connectivity index (χ1n) is 7.57. The maximum absolute atomic E-state index is 6.21. The number of halogens is 1. The number of nitrogens with one attached hydrogen (secondary N) is 1. The Morgan fingerprint density at radius 3 is 2.57 bits per heavy atom. The van der Waals surface area contributed by atoms with Crippen LogP contribution in [0, 0.1) is 13.8 Å². The third-order valence-corrected chi connectivity index (χ3v) is 3.83. The van der Waals surface area contributed by atoms with E-state index in [1.54, 1.807) is 0 Å². The maximum Gasteiger partial charge on any atom is 0.0596 e. The van der Waals surface area contributed by atoms with Gasteiger partial charge in [0, 0.05) is 29.7 Å². The predicted octanol–water partition coefficient (Wildman–Crippen LogP) is 4.07. The van der Waals surface area contributed by atoms with Crippen molar-refractivity contribution in [3.05, 3.63) is 51.8 Å². The van der Waals surface area contributed by atoms with Crippen LogP contribution in [0.1, 0.15) is 42.4 Å². The molecule has 0 spiro atoms. The highest BCUT2D eigenvalue weighted by Gasteiger charge is 2.15. The van der Waals surface area contributed by atoms with Crippen LogP contribution in [0.5, 0.6) is 0 Å². The Balaban J connectivity index is 2.30. The highest BCUT2D eigenvalue weighted by atomic mass is 35.5. The standard InChI is InChI=1S/C17H24ClN3/c1-5-19-17(14-7-12(3)8-15(18)10-14)11-16-9-13(4)20-21(16)6-2/h7-10,17,19H,5-6,11H2,1-4H3. The molecule has 0 saturated heterocycles. The van der Waals surface area contributed by atoms with Gasteiger partial charge in [0.25, 0.3) is 0 Å². The molecule has 0 bridgehead atoms. The van der Waals surface area contributed by atoms with E-state index >= 15 is 0 Å². The van der Waals surface area contributed by atoms with Crippen molar-refractivity contribution >= 4 is 11.6 Å². The summed E-state index contributed by atoms with van der Waals surface area (Å²) in [6, 6.07) is 8.69. The minimum Gasteiger partial charge on any atom is -0.310 e. The molecular formula is C17H24ClN3. The zero-order chi connectivity index (χ0) is 15.4. The molecule has 0 aliphatic heterocycles. The average Bonchev–Trinajstić information content (AvgIpc) is 2.77. The lowest BCUT2D eigenvalue weighted by Gasteiger charge is -2.19. The molecule has 1 aromatic carbocycles. The van der Waals surface area contributed by atoms with Crippen molar-refractivity contribution in [1.29, 1.82) is 0 Å². The number of benzene rings is 1. The Kier molecular flexibility index (Phi) is 5.43. The minimum absolute atomic E-state index is 0.258. The molecule has 1 unspecified atom stereocenters. The Morgan fingerprint density at radius 1 is 1.19 bits per heavy atom. The number of rotatable bonds is 6. The smallest absolute Gasteiger partial charge is 0.0596 e. The molecule has 114 valence electrons. The third-order valence-electron chi connectivity index (χ3n) is 3.62. The molecule has 0 aliphatic rings. The summed E-state index contributed by atoms with van der Waals surface area (Å²) < 4.78 is 2.08. The molecule has 0 radical (unpaired) electrons. The quantitative estimate of drug-likeness (QED) is 0.872. The first-order valence-corrected chi connectivity index (χ1v) is 7.95. The molecular weight excluding hydrogens is 282 g/mol. The number of hydrogen-bond acceptors (Lipinski definition) is 2. The molecule has 2 rings (SSSR count). The summed E-state index contributed by atoms with van der Waals surface area (Å²) in [5, 5.41) is 8.90. The molecule has 2 aromatic rings. The normalized spacial score (nSPS) is 12.6. The van der Waals surface area contributed by atoms with Crippen molar-refractivity contribution in [3.63, 3.8) is 0 Å². The second kappa shape index (κ2) is 7.10. The second-order valence-corrected chi connectivity index (χ2v) is 5.91. The molecule has 0 aliphatic carbocycles. The van der Waals surface area contributed by atoms with Crippen molar-refractivity contribution in [2.75, 3.05) is 6.54 Å². The zero-order valence-electron chi connectivity index (χ0n) is 13.3. The van der Waals surface area contributed by atoms with E-state index in [9.17, 15) is 0 Å². The van der Waals surface area contributed by atoms with Crippen molar-refractivity contribution in [3.8, 4) is 0 Å². The van der Waals surface area contributed by atoms with E-state index in [1.807, 2.05) is 13.0 Å². The van der Waals surface area contributed by atoms with Crippen LogP contribution in [0.25, 0.3) is 0 Å². The summed E-state index contributed by atoms with van der Waals surface area (Å²) in [6.07, 6.45) is 0.919. The van der Waals surface area contributed by atoms with Crippen molar-refractivity contribution in [1.82, 2.24) is 15.1 Å². The van der Waals surface area contributed by atoms with E-state index in [0.717, 1.165) is 30.2 Å². The van der Waals surface area contributed by atoms with Gasteiger partial charge in [-0.1, -0.05) is 24.6 Å². The van der Waals surface area contributed by atoms with Gasteiger partial charge in [-0.15, -0.1) is 0 Å². The largest absolute Gasteiger partial charge is 0.310 e. The van der Waals surface area contributed by atoms with Gasteiger partial charge < -0.3 is 5.32 Å². The molecule has 0 saturated carbocycles. The van der Waals surface area contributed by atoms with Gasteiger partial charge in [0.2, 0.25) is 0 Å². The number of nitrogens with zero attached hydrogens (tertiary/aromatic N) is 2. The summed E-state index contributed by atoms with van der Waals surface area (Å²) in [4.78, 5) is 0. The van der Waals surface area contributed by atoms with Crippen LogP contribution in [0.2, 0.25) is 5.02 Å². The summed E-state index contributed by atoms with van der Waals surface area (Å²) in [6.45, 7) is 10.2. The van der Waals surface area contributed by atoms with Crippen LogP contribution in [0.4, 0.5) is 0 Å². The van der Waals surface area contributed by atoms with E-state index in [4.69, 9.17) is 11.6 Å². The van der Waals surface area contributed by atoms with Crippen LogP contribution in [0.3, 0.4) is 0 Å². The van der Waals surface area contributed by atoms with E-state index in [0.29, 0.717) is 0 Å². The second-order valence-electron chi connectivity index (χ2n) is 5.47. The van der Waals surface area contributed by atoms with Gasteiger partial charge >= 0.3 is 0 Å². The SMILES string of the molecule is CCNC(Cc1cc(C)nn1CC)c1cc(C)cc(Cl)c1. The fourth-order valence-corrected chi connectivity index (χ4v) is 3.06. The summed E-state index contributed by atoms with van der Waals surface area (Å²) >= 11 is 6.21. The topological polar surface area (TPSA) is 29.9 Å². The van der Waals surface area contributed by atoms with Gasteiger partial charge in [0.05, 0.1) is 5.69 Å². The van der Waals surface area contributed by atoms with Crippen molar-refractivity contribution in [2.24, 2.45) is 0 Å². The van der Waals surface area contributed by atoms with Crippen LogP contribution >= 0.6 is 11.6 Å². The van der Waals surface area contributed by atoms with Crippen molar-refractivity contribution < 1.29 is 0 Å². The fraction of sp³-hybridized carbons (Fsp3) is 0.471.